The molecule has 1 amide bonds. The fraction of sp³-hybridized carbons (Fsp3) is 0.732. The van der Waals surface area contributed by atoms with Gasteiger partial charge in [-0.1, -0.05) is 61.0 Å². The van der Waals surface area contributed by atoms with E-state index in [2.05, 4.69) is 93.4 Å². The van der Waals surface area contributed by atoms with Crippen LogP contribution in [0, 0.1) is 22.7 Å². The predicted octanol–water partition coefficient (Wildman–Crippen LogP) is 11.3. The summed E-state index contributed by atoms with van der Waals surface area (Å²) in [5, 5.41) is 2.12. The van der Waals surface area contributed by atoms with Crippen LogP contribution < -0.4 is 4.74 Å². The highest BCUT2D eigenvalue weighted by Crippen LogP contribution is 2.61. The van der Waals surface area contributed by atoms with E-state index in [1.165, 1.54) is 60.1 Å². The molecule has 2 saturated carbocycles. The van der Waals surface area contributed by atoms with E-state index in [1.54, 1.807) is 11.3 Å². The summed E-state index contributed by atoms with van der Waals surface area (Å²) in [4.78, 5) is 16.1. The minimum atomic E-state index is -3.67. The number of fused-ring (bicyclic) bond motifs is 6. The van der Waals surface area contributed by atoms with Crippen LogP contribution in [0.4, 0.5) is 18.0 Å². The molecule has 288 valence electrons. The van der Waals surface area contributed by atoms with Gasteiger partial charge < -0.3 is 14.4 Å². The zero-order valence-electron chi connectivity index (χ0n) is 32.9. The Bertz CT molecular complexity index is 1410. The number of thiophene rings is 1. The number of benzene rings is 1. The second-order valence-corrected chi connectivity index (χ2v) is 17.4. The van der Waals surface area contributed by atoms with Crippen molar-refractivity contribution in [2.45, 2.75) is 150 Å². The number of hydrogen-bond donors (Lipinski definition) is 1. The zero-order valence-corrected chi connectivity index (χ0v) is 34.6. The third-order valence-electron chi connectivity index (χ3n) is 11.5. The number of nitrogens with zero attached hydrogens (tertiary/aromatic N) is 1. The van der Waals surface area contributed by atoms with Crippen molar-refractivity contribution in [3.63, 3.8) is 0 Å². The highest BCUT2D eigenvalue weighted by molar-refractivity contribution is 7.80. The lowest BCUT2D eigenvalue weighted by Gasteiger charge is -2.50. The molecule has 4 radical (unpaired) electrons. The summed E-state index contributed by atoms with van der Waals surface area (Å²) in [6.07, 6.45) is 9.22. The number of carbonyl (C=O) groups excluding carboxylic acids is 1. The van der Waals surface area contributed by atoms with Crippen LogP contribution in [0.1, 0.15) is 134 Å². The number of carbonyl (C=O) groups is 1. The largest absolute Gasteiger partial charge is 0.415 e. The van der Waals surface area contributed by atoms with E-state index >= 15 is 0 Å². The topological polar surface area (TPSA) is 38.8 Å². The minimum absolute atomic E-state index is 0.0795. The third-order valence-corrected chi connectivity index (χ3v) is 12.9. The number of hydrogen-bond acceptors (Lipinski definition) is 5. The summed E-state index contributed by atoms with van der Waals surface area (Å²) < 4.78 is 49.2. The Morgan fingerprint density at radius 3 is 2.35 bits per heavy atom. The lowest BCUT2D eigenvalue weighted by atomic mass is 9.55. The Balaban J connectivity index is 0.000000320. The van der Waals surface area contributed by atoms with E-state index in [-0.39, 0.29) is 18.3 Å². The van der Waals surface area contributed by atoms with Gasteiger partial charge in [0.2, 0.25) is 0 Å². The van der Waals surface area contributed by atoms with E-state index in [4.69, 9.17) is 9.47 Å². The molecule has 0 spiro atoms. The molecule has 4 aliphatic rings. The lowest BCUT2D eigenvalue weighted by Crippen LogP contribution is -2.45. The van der Waals surface area contributed by atoms with Gasteiger partial charge in [-0.05, 0) is 133 Å². The Kier molecular flexibility index (Phi) is 16.7. The molecule has 5 atom stereocenters. The molecule has 0 bridgehead atoms. The predicted molar refractivity (Wildman–Crippen MR) is 215 cm³/mol. The van der Waals surface area contributed by atoms with Gasteiger partial charge in [-0.2, -0.15) is 12.6 Å². The van der Waals surface area contributed by atoms with Gasteiger partial charge in [0.1, 0.15) is 21.4 Å². The van der Waals surface area contributed by atoms with E-state index in [0.29, 0.717) is 35.1 Å². The number of aryl methyl sites for hydroxylation is 1. The number of halogens is 3. The quantitative estimate of drug-likeness (QED) is 0.226. The smallest absolute Gasteiger partial charge is 0.410 e. The van der Waals surface area contributed by atoms with Crippen molar-refractivity contribution in [1.29, 1.82) is 0 Å². The molecule has 0 saturated heterocycles. The van der Waals surface area contributed by atoms with E-state index in [9.17, 15) is 18.0 Å². The molecule has 4 nitrogen and oxygen atoms in total. The average molecular weight is 760 g/mol. The van der Waals surface area contributed by atoms with Gasteiger partial charge in [-0.25, -0.2) is 13.6 Å². The van der Waals surface area contributed by atoms with E-state index in [1.807, 2.05) is 24.8 Å². The summed E-state index contributed by atoms with van der Waals surface area (Å²) in [6.45, 7) is 19.8. The fourth-order valence-electron chi connectivity index (χ4n) is 8.11. The van der Waals surface area contributed by atoms with Crippen molar-refractivity contribution < 1.29 is 27.4 Å². The molecule has 0 N–H and O–H groups in total. The molecular formula is C41H62B2F3NO3S2. The van der Waals surface area contributed by atoms with Crippen LogP contribution in [0.3, 0.4) is 0 Å². The van der Waals surface area contributed by atoms with Gasteiger partial charge in [-0.15, -0.1) is 11.3 Å². The molecular weight excluding hydrogens is 697 g/mol. The monoisotopic (exact) mass is 759 g/mol. The van der Waals surface area contributed by atoms with Gasteiger partial charge in [-0.3, -0.25) is 4.39 Å². The summed E-state index contributed by atoms with van der Waals surface area (Å²) in [7, 11) is 8.78. The van der Waals surface area contributed by atoms with Crippen molar-refractivity contribution >= 4 is 45.8 Å². The molecule has 11 heteroatoms. The molecule has 2 aromatic rings. The Morgan fingerprint density at radius 1 is 1.04 bits per heavy atom. The first-order valence-electron chi connectivity index (χ1n) is 19.5. The number of ether oxygens (including phenoxy) is 2. The third kappa shape index (κ3) is 11.2. The molecule has 1 aromatic heterocycles. The second kappa shape index (κ2) is 19.3. The van der Waals surface area contributed by atoms with E-state index in [0.717, 1.165) is 37.8 Å². The maximum absolute atomic E-state index is 12.8. The SMILES string of the molecule is CC.CCC(C)(C)C.CCOC1CCC2C3CCc4cc(OC(=O)N5CCc6sccc6C5)ccc4C3CCC12C.[B]C([B])(F)C(F)(F)CCCS. The van der Waals surface area contributed by atoms with Crippen LogP contribution in [-0.4, -0.2) is 63.1 Å². The first kappa shape index (κ1) is 44.8. The average Bonchev–Trinajstić information content (AvgIpc) is 3.71. The van der Waals surface area contributed by atoms with Gasteiger partial charge in [0, 0.05) is 24.4 Å². The van der Waals surface area contributed by atoms with Crippen LogP contribution in [0.5, 0.6) is 5.75 Å². The number of amides is 1. The summed E-state index contributed by atoms with van der Waals surface area (Å²) >= 11 is 5.48. The summed E-state index contributed by atoms with van der Waals surface area (Å²) in [5.74, 6) is -0.522. The molecule has 52 heavy (non-hydrogen) atoms. The van der Waals surface area contributed by atoms with Crippen LogP contribution >= 0.6 is 24.0 Å². The van der Waals surface area contributed by atoms with Crippen LogP contribution in [0.2, 0.25) is 0 Å². The Hall–Kier alpha value is -1.58. The molecule has 1 aromatic carbocycles. The molecule has 3 aliphatic carbocycles. The maximum atomic E-state index is 12.8. The standard InChI is InChI=1S/C28H35NO3S.C6H14.C5H7B2F3S.C2H6/c1-3-31-26-9-8-24-23-6-4-18-16-20(5-7-21(18)22(23)10-13-28(24,26)2)32-27(30)29-14-11-25-19(17-29)12-15-33-25;1-5-6(2,3)4;6-5(7,10)4(8,9)2-1-3-11;1-2/h5,7,12,15-16,22-24,26H,3-4,6,8-11,13-14,17H2,1-2H3;5H2,1-4H3;11H,1-3H2;1-2H3. The van der Waals surface area contributed by atoms with Gasteiger partial charge in [0.25, 0.3) is 5.92 Å². The Morgan fingerprint density at radius 2 is 1.73 bits per heavy atom. The van der Waals surface area contributed by atoms with E-state index < -0.39 is 17.8 Å². The normalized spacial score (nSPS) is 25.0. The lowest BCUT2D eigenvalue weighted by molar-refractivity contribution is -0.0660. The number of alkyl halides is 3. The maximum Gasteiger partial charge on any atom is 0.415 e. The first-order chi connectivity index (χ1) is 24.4. The molecule has 1 aliphatic heterocycles. The number of rotatable bonds is 7. The highest BCUT2D eigenvalue weighted by atomic mass is 32.1. The number of thiol groups is 1. The van der Waals surface area contributed by atoms with Crippen molar-refractivity contribution in [3.8, 4) is 5.75 Å². The molecule has 2 heterocycles. The minimum Gasteiger partial charge on any atom is -0.410 e. The van der Waals surface area contributed by atoms with Crippen molar-refractivity contribution in [3.05, 3.63) is 51.2 Å². The van der Waals surface area contributed by atoms with Crippen LogP contribution in [-0.2, 0) is 24.1 Å². The molecule has 5 unspecified atom stereocenters. The van der Waals surface area contributed by atoms with Gasteiger partial charge >= 0.3 is 6.09 Å². The van der Waals surface area contributed by atoms with Crippen LogP contribution in [0.25, 0.3) is 0 Å². The fourth-order valence-corrected chi connectivity index (χ4v) is 9.16. The van der Waals surface area contributed by atoms with Crippen molar-refractivity contribution in [2.75, 3.05) is 18.9 Å². The first-order valence-corrected chi connectivity index (χ1v) is 21.0. The second-order valence-electron chi connectivity index (χ2n) is 16.0. The molecule has 6 rings (SSSR count). The van der Waals surface area contributed by atoms with Crippen molar-refractivity contribution in [1.82, 2.24) is 4.90 Å². The Labute approximate surface area is 325 Å². The van der Waals surface area contributed by atoms with Gasteiger partial charge in [0.15, 0.2) is 0 Å². The van der Waals surface area contributed by atoms with Crippen molar-refractivity contribution in [2.24, 2.45) is 22.7 Å². The van der Waals surface area contributed by atoms with Gasteiger partial charge in [0.05, 0.1) is 18.1 Å². The summed E-state index contributed by atoms with van der Waals surface area (Å²) in [6, 6.07) is 8.57. The highest BCUT2D eigenvalue weighted by Gasteiger charge is 2.55. The molecule has 2 fully saturated rings. The van der Waals surface area contributed by atoms with Crippen LogP contribution in [0.15, 0.2) is 29.6 Å². The summed E-state index contributed by atoms with van der Waals surface area (Å²) in [5.41, 5.74) is 1.64. The zero-order chi connectivity index (χ0) is 38.9.